The number of hydrogen-bond donors (Lipinski definition) is 1. The molecule has 3 aromatic rings. The van der Waals surface area contributed by atoms with Crippen LogP contribution in [0.15, 0.2) is 45.8 Å². The van der Waals surface area contributed by atoms with Crippen molar-refractivity contribution in [3.05, 3.63) is 63.8 Å². The molecular formula is C20H22N4O3. The number of rotatable bonds is 5. The highest BCUT2D eigenvalue weighted by Crippen LogP contribution is 2.19. The topological polar surface area (TPSA) is 90.0 Å². The Bertz CT molecular complexity index is 1030. The molecule has 2 heterocycles. The largest absolute Gasteiger partial charge is 0.334 e. The number of pyridine rings is 1. The van der Waals surface area contributed by atoms with E-state index in [1.807, 2.05) is 45.9 Å². The van der Waals surface area contributed by atoms with Gasteiger partial charge >= 0.3 is 0 Å². The Hall–Kier alpha value is -3.22. The van der Waals surface area contributed by atoms with Crippen LogP contribution in [0.2, 0.25) is 0 Å². The maximum atomic E-state index is 12.4. The van der Waals surface area contributed by atoms with Gasteiger partial charge in [-0.25, -0.2) is 0 Å². The molecule has 7 heteroatoms. The summed E-state index contributed by atoms with van der Waals surface area (Å²) >= 11 is 0. The van der Waals surface area contributed by atoms with Crippen molar-refractivity contribution in [3.8, 4) is 11.5 Å². The van der Waals surface area contributed by atoms with Crippen molar-refractivity contribution in [2.45, 2.75) is 40.2 Å². The lowest BCUT2D eigenvalue weighted by Crippen LogP contribution is -2.27. The normalized spacial score (nSPS) is 11.0. The molecule has 0 saturated carbocycles. The van der Waals surface area contributed by atoms with Crippen molar-refractivity contribution in [3.63, 3.8) is 0 Å². The van der Waals surface area contributed by atoms with Crippen LogP contribution < -0.4 is 10.9 Å². The zero-order valence-electron chi connectivity index (χ0n) is 15.8. The van der Waals surface area contributed by atoms with E-state index in [9.17, 15) is 9.59 Å². The molecule has 2 aromatic heterocycles. The molecule has 1 aromatic carbocycles. The van der Waals surface area contributed by atoms with E-state index < -0.39 is 0 Å². The van der Waals surface area contributed by atoms with E-state index in [1.54, 1.807) is 12.3 Å². The summed E-state index contributed by atoms with van der Waals surface area (Å²) < 4.78 is 6.58. The summed E-state index contributed by atoms with van der Waals surface area (Å²) in [6, 6.07) is 8.77. The number of anilines is 1. The quantitative estimate of drug-likeness (QED) is 0.748. The predicted molar refractivity (Wildman–Crippen MR) is 103 cm³/mol. The van der Waals surface area contributed by atoms with Crippen LogP contribution in [0.1, 0.15) is 36.7 Å². The Morgan fingerprint density at radius 3 is 2.67 bits per heavy atom. The van der Waals surface area contributed by atoms with Crippen LogP contribution in [0.4, 0.5) is 5.69 Å². The van der Waals surface area contributed by atoms with E-state index in [0.717, 1.165) is 16.8 Å². The SMILES string of the molecule is Cc1ccc(NC(=O)Cn2cc(-c3nc(C(C)C)no3)ccc2=O)c(C)c1. The van der Waals surface area contributed by atoms with Gasteiger partial charge in [0.15, 0.2) is 5.82 Å². The first-order valence-corrected chi connectivity index (χ1v) is 8.75. The van der Waals surface area contributed by atoms with Crippen LogP contribution in [-0.4, -0.2) is 20.6 Å². The molecule has 0 saturated heterocycles. The lowest BCUT2D eigenvalue weighted by molar-refractivity contribution is -0.116. The van der Waals surface area contributed by atoms with E-state index in [0.29, 0.717) is 17.3 Å². The van der Waals surface area contributed by atoms with Gasteiger partial charge in [-0.3, -0.25) is 9.59 Å². The summed E-state index contributed by atoms with van der Waals surface area (Å²) in [4.78, 5) is 28.8. The molecule has 0 aliphatic rings. The second-order valence-electron chi connectivity index (χ2n) is 6.86. The van der Waals surface area contributed by atoms with Crippen LogP contribution in [0.5, 0.6) is 0 Å². The smallest absolute Gasteiger partial charge is 0.259 e. The summed E-state index contributed by atoms with van der Waals surface area (Å²) in [6.07, 6.45) is 1.56. The molecule has 27 heavy (non-hydrogen) atoms. The standard InChI is InChI=1S/C20H22N4O3/c1-12(2)19-22-20(27-23-19)15-6-8-18(26)24(10-15)11-17(25)21-16-7-5-13(3)9-14(16)4/h5-10,12H,11H2,1-4H3,(H,21,25). The Balaban J connectivity index is 1.79. The Morgan fingerprint density at radius 1 is 1.22 bits per heavy atom. The Labute approximate surface area is 157 Å². The third-order valence-electron chi connectivity index (χ3n) is 4.16. The first-order valence-electron chi connectivity index (χ1n) is 8.75. The van der Waals surface area contributed by atoms with E-state index >= 15 is 0 Å². The molecule has 0 fully saturated rings. The van der Waals surface area contributed by atoms with Gasteiger partial charge in [0.1, 0.15) is 6.54 Å². The molecule has 0 unspecified atom stereocenters. The number of hydrogen-bond acceptors (Lipinski definition) is 5. The van der Waals surface area contributed by atoms with Gasteiger partial charge in [-0.05, 0) is 31.5 Å². The van der Waals surface area contributed by atoms with Crippen LogP contribution in [0.25, 0.3) is 11.5 Å². The fourth-order valence-corrected chi connectivity index (χ4v) is 2.67. The van der Waals surface area contributed by atoms with Gasteiger partial charge in [0.05, 0.1) is 5.56 Å². The van der Waals surface area contributed by atoms with Crippen LogP contribution in [0, 0.1) is 13.8 Å². The van der Waals surface area contributed by atoms with Gasteiger partial charge in [-0.2, -0.15) is 4.98 Å². The van der Waals surface area contributed by atoms with Crippen molar-refractivity contribution in [2.24, 2.45) is 0 Å². The monoisotopic (exact) mass is 366 g/mol. The summed E-state index contributed by atoms with van der Waals surface area (Å²) in [6.45, 7) is 7.74. The van der Waals surface area contributed by atoms with E-state index in [2.05, 4.69) is 15.5 Å². The molecule has 0 atom stereocenters. The Morgan fingerprint density at radius 2 is 2.00 bits per heavy atom. The number of carbonyl (C=O) groups excluding carboxylic acids is 1. The maximum absolute atomic E-state index is 12.4. The van der Waals surface area contributed by atoms with E-state index in [4.69, 9.17) is 4.52 Å². The molecule has 1 amide bonds. The maximum Gasteiger partial charge on any atom is 0.259 e. The summed E-state index contributed by atoms with van der Waals surface area (Å²) in [5.74, 6) is 0.768. The number of aromatic nitrogens is 3. The molecular weight excluding hydrogens is 344 g/mol. The van der Waals surface area contributed by atoms with Crippen molar-refractivity contribution >= 4 is 11.6 Å². The predicted octanol–water partition coefficient (Wildman–Crippen LogP) is 3.28. The second kappa shape index (κ2) is 7.57. The molecule has 0 spiro atoms. The van der Waals surface area contributed by atoms with Gasteiger partial charge in [0.2, 0.25) is 5.91 Å². The second-order valence-corrected chi connectivity index (χ2v) is 6.86. The van der Waals surface area contributed by atoms with Crippen LogP contribution in [0.3, 0.4) is 0 Å². The zero-order valence-corrected chi connectivity index (χ0v) is 15.8. The van der Waals surface area contributed by atoms with Crippen molar-refractivity contribution in [1.29, 1.82) is 0 Å². The van der Waals surface area contributed by atoms with Gasteiger partial charge < -0.3 is 14.4 Å². The van der Waals surface area contributed by atoms with Gasteiger partial charge in [-0.1, -0.05) is 36.7 Å². The minimum Gasteiger partial charge on any atom is -0.334 e. The third kappa shape index (κ3) is 4.31. The number of benzene rings is 1. The average molecular weight is 366 g/mol. The summed E-state index contributed by atoms with van der Waals surface area (Å²) in [7, 11) is 0. The molecule has 0 aliphatic carbocycles. The van der Waals surface area contributed by atoms with E-state index in [-0.39, 0.29) is 23.9 Å². The van der Waals surface area contributed by atoms with Crippen molar-refractivity contribution in [2.75, 3.05) is 5.32 Å². The highest BCUT2D eigenvalue weighted by molar-refractivity contribution is 5.91. The van der Waals surface area contributed by atoms with Crippen molar-refractivity contribution in [1.82, 2.24) is 14.7 Å². The number of nitrogens with zero attached hydrogens (tertiary/aromatic N) is 3. The number of aryl methyl sites for hydroxylation is 2. The molecule has 7 nitrogen and oxygen atoms in total. The minimum atomic E-state index is -0.283. The molecule has 140 valence electrons. The Kier molecular flexibility index (Phi) is 5.21. The number of amides is 1. The first kappa shape index (κ1) is 18.6. The summed E-state index contributed by atoms with van der Waals surface area (Å²) in [5.41, 5.74) is 3.13. The van der Waals surface area contributed by atoms with Gasteiger partial charge in [-0.15, -0.1) is 0 Å². The van der Waals surface area contributed by atoms with Crippen LogP contribution >= 0.6 is 0 Å². The molecule has 3 rings (SSSR count). The fraction of sp³-hybridized carbons (Fsp3) is 0.300. The number of nitrogens with one attached hydrogen (secondary N) is 1. The minimum absolute atomic E-state index is 0.106. The third-order valence-corrected chi connectivity index (χ3v) is 4.16. The molecule has 0 aliphatic heterocycles. The zero-order chi connectivity index (χ0) is 19.6. The fourth-order valence-electron chi connectivity index (χ4n) is 2.67. The molecule has 1 N–H and O–H groups in total. The average Bonchev–Trinajstić information content (AvgIpc) is 3.10. The lowest BCUT2D eigenvalue weighted by atomic mass is 10.1. The molecule has 0 bridgehead atoms. The number of carbonyl (C=O) groups is 1. The first-order chi connectivity index (χ1) is 12.8. The molecule has 0 radical (unpaired) electrons. The highest BCUT2D eigenvalue weighted by atomic mass is 16.5. The highest BCUT2D eigenvalue weighted by Gasteiger charge is 2.14. The lowest BCUT2D eigenvalue weighted by Gasteiger charge is -2.10. The van der Waals surface area contributed by atoms with Gasteiger partial charge in [0.25, 0.3) is 11.4 Å². The van der Waals surface area contributed by atoms with Gasteiger partial charge in [0, 0.05) is 23.9 Å². The summed E-state index contributed by atoms with van der Waals surface area (Å²) in [5, 5.41) is 6.77. The van der Waals surface area contributed by atoms with E-state index in [1.165, 1.54) is 10.6 Å². The van der Waals surface area contributed by atoms with Crippen LogP contribution in [-0.2, 0) is 11.3 Å². The van der Waals surface area contributed by atoms with Crippen molar-refractivity contribution < 1.29 is 9.32 Å².